The van der Waals surface area contributed by atoms with Crippen molar-refractivity contribution in [3.05, 3.63) is 30.5 Å². The molecule has 0 bridgehead atoms. The van der Waals surface area contributed by atoms with Crippen LogP contribution in [0.3, 0.4) is 0 Å². The summed E-state index contributed by atoms with van der Waals surface area (Å²) in [5.74, 6) is 0. The van der Waals surface area contributed by atoms with Crippen molar-refractivity contribution in [2.75, 3.05) is 0 Å². The van der Waals surface area contributed by atoms with E-state index in [1.807, 2.05) is 0 Å². The van der Waals surface area contributed by atoms with Gasteiger partial charge in [-0.05, 0) is 6.07 Å². The molecule has 0 atom stereocenters. The lowest BCUT2D eigenvalue weighted by Gasteiger charge is -2.08. The summed E-state index contributed by atoms with van der Waals surface area (Å²) in [5.41, 5.74) is -5.36. The Kier molecular flexibility index (Phi) is 2.49. The zero-order valence-electron chi connectivity index (χ0n) is 8.05. The second-order valence-corrected chi connectivity index (χ2v) is 4.57. The zero-order chi connectivity index (χ0) is 12.7. The van der Waals surface area contributed by atoms with Crippen LogP contribution in [0, 0.1) is 0 Å². The van der Waals surface area contributed by atoms with E-state index in [1.165, 1.54) is 18.3 Å². The molecule has 0 aliphatic rings. The molecule has 5 nitrogen and oxygen atoms in total. The summed E-state index contributed by atoms with van der Waals surface area (Å²) in [6.45, 7) is 0. The van der Waals surface area contributed by atoms with Gasteiger partial charge < -0.3 is 0 Å². The first-order valence-corrected chi connectivity index (χ1v) is 5.66. The fourth-order valence-corrected chi connectivity index (χ4v) is 1.53. The molecule has 92 valence electrons. The molecule has 0 unspecified atom stereocenters. The molecular weight excluding hydrogens is 261 g/mol. The van der Waals surface area contributed by atoms with Gasteiger partial charge in [-0.2, -0.15) is 21.6 Å². The fourth-order valence-electron chi connectivity index (χ4n) is 1.14. The summed E-state index contributed by atoms with van der Waals surface area (Å²) in [4.78, 5) is 0.318. The van der Waals surface area contributed by atoms with E-state index in [0.717, 1.165) is 0 Å². The van der Waals surface area contributed by atoms with E-state index in [4.69, 9.17) is 0 Å². The lowest BCUT2D eigenvalue weighted by atomic mass is 10.3. The van der Waals surface area contributed by atoms with Crippen LogP contribution in [0.1, 0.15) is 0 Å². The van der Waals surface area contributed by atoms with Gasteiger partial charge in [0, 0.05) is 5.39 Å². The third-order valence-electron chi connectivity index (χ3n) is 1.90. The largest absolute Gasteiger partial charge is 0.536 e. The van der Waals surface area contributed by atoms with Crippen LogP contribution in [0.5, 0.6) is 0 Å². The summed E-state index contributed by atoms with van der Waals surface area (Å²) in [7, 11) is -5.71. The fraction of sp³-hybridized carbons (Fsp3) is 0.125. The summed E-state index contributed by atoms with van der Waals surface area (Å²) in [6.07, 6.45) is 1.20. The van der Waals surface area contributed by atoms with Crippen LogP contribution in [0.4, 0.5) is 13.2 Å². The van der Waals surface area contributed by atoms with Crippen molar-refractivity contribution < 1.29 is 25.9 Å². The maximum Gasteiger partial charge on any atom is 0.536 e. The van der Waals surface area contributed by atoms with E-state index >= 15 is 0 Å². The molecule has 9 heteroatoms. The van der Waals surface area contributed by atoms with Crippen molar-refractivity contribution in [1.82, 2.24) is 9.94 Å². The maximum atomic E-state index is 12.1. The molecule has 0 spiro atoms. The lowest BCUT2D eigenvalue weighted by Crippen LogP contribution is -2.33. The lowest BCUT2D eigenvalue weighted by molar-refractivity contribution is -0.0552. The first-order chi connectivity index (χ1) is 7.81. The van der Waals surface area contributed by atoms with Gasteiger partial charge in [-0.3, -0.25) is 4.28 Å². The van der Waals surface area contributed by atoms with Crippen LogP contribution in [0.15, 0.2) is 30.5 Å². The maximum absolute atomic E-state index is 12.1. The predicted octanol–water partition coefficient (Wildman–Crippen LogP) is 1.31. The normalized spacial score (nSPS) is 12.9. The molecule has 0 N–H and O–H groups in total. The molecule has 0 amide bonds. The highest BCUT2D eigenvalue weighted by molar-refractivity contribution is 7.87. The van der Waals surface area contributed by atoms with Gasteiger partial charge >= 0.3 is 15.6 Å². The molecule has 0 saturated carbocycles. The molecule has 0 saturated heterocycles. The number of nitrogens with zero attached hydrogens (tertiary/aromatic N) is 2. The van der Waals surface area contributed by atoms with Gasteiger partial charge in [0.1, 0.15) is 5.52 Å². The van der Waals surface area contributed by atoms with Crippen molar-refractivity contribution in [2.24, 2.45) is 0 Å². The van der Waals surface area contributed by atoms with Gasteiger partial charge in [0.15, 0.2) is 0 Å². The summed E-state index contributed by atoms with van der Waals surface area (Å²) >= 11 is 0. The second-order valence-electron chi connectivity index (χ2n) is 3.05. The molecule has 1 aromatic heterocycles. The predicted molar refractivity (Wildman–Crippen MR) is 51.3 cm³/mol. The monoisotopic (exact) mass is 266 g/mol. The quantitative estimate of drug-likeness (QED) is 0.769. The number of para-hydroxylation sites is 1. The number of alkyl halides is 3. The van der Waals surface area contributed by atoms with Gasteiger partial charge in [-0.1, -0.05) is 23.0 Å². The molecule has 1 aromatic carbocycles. The minimum absolute atomic E-state index is 0.125. The van der Waals surface area contributed by atoms with E-state index < -0.39 is 15.6 Å². The highest BCUT2D eigenvalue weighted by atomic mass is 32.2. The Hall–Kier alpha value is -1.77. The zero-order valence-corrected chi connectivity index (χ0v) is 8.86. The third kappa shape index (κ3) is 2.05. The van der Waals surface area contributed by atoms with Crippen LogP contribution >= 0.6 is 0 Å². The Balaban J connectivity index is 2.44. The average molecular weight is 266 g/mol. The van der Waals surface area contributed by atoms with Gasteiger partial charge in [-0.15, -0.1) is 5.10 Å². The van der Waals surface area contributed by atoms with E-state index in [-0.39, 0.29) is 5.52 Å². The van der Waals surface area contributed by atoms with E-state index in [0.29, 0.717) is 10.2 Å². The standard InChI is InChI=1S/C8H5F3N2O3S/c9-8(10,11)17(14,15)16-13-7-4-2-1-3-6(7)5-12-13/h1-5H. The average Bonchev–Trinajstić information content (AvgIpc) is 2.60. The molecule has 17 heavy (non-hydrogen) atoms. The van der Waals surface area contributed by atoms with Gasteiger partial charge in [0.25, 0.3) is 0 Å². The number of aromatic nitrogens is 2. The number of hydrogen-bond acceptors (Lipinski definition) is 4. The number of hydrogen-bond donors (Lipinski definition) is 0. The van der Waals surface area contributed by atoms with E-state index in [1.54, 1.807) is 12.1 Å². The molecular formula is C8H5F3N2O3S. The second kappa shape index (κ2) is 3.62. The van der Waals surface area contributed by atoms with Crippen LogP contribution in [0.25, 0.3) is 10.9 Å². The van der Waals surface area contributed by atoms with E-state index in [9.17, 15) is 21.6 Å². The van der Waals surface area contributed by atoms with Crippen LogP contribution in [0.2, 0.25) is 0 Å². The van der Waals surface area contributed by atoms with Gasteiger partial charge in [0.2, 0.25) is 0 Å². The summed E-state index contributed by atoms with van der Waals surface area (Å²) in [5, 5.41) is 3.87. The Morgan fingerprint density at radius 1 is 1.24 bits per heavy atom. The summed E-state index contributed by atoms with van der Waals surface area (Å²) < 4.78 is 61.6. The molecule has 0 aliphatic heterocycles. The van der Waals surface area contributed by atoms with Gasteiger partial charge in [0.05, 0.1) is 6.20 Å². The number of fused-ring (bicyclic) bond motifs is 1. The highest BCUT2D eigenvalue weighted by Crippen LogP contribution is 2.23. The highest BCUT2D eigenvalue weighted by Gasteiger charge is 2.49. The Labute approximate surface area is 93.5 Å². The van der Waals surface area contributed by atoms with Crippen molar-refractivity contribution in [2.45, 2.75) is 5.51 Å². The molecule has 2 aromatic rings. The van der Waals surface area contributed by atoms with E-state index in [2.05, 4.69) is 9.38 Å². The number of halogens is 3. The Bertz CT molecular complexity index is 647. The first-order valence-electron chi connectivity index (χ1n) is 4.25. The SMILES string of the molecule is O=S(=O)(On1ncc2ccccc21)C(F)(F)F. The van der Waals surface area contributed by atoms with Crippen molar-refractivity contribution in [1.29, 1.82) is 0 Å². The Morgan fingerprint density at radius 2 is 1.88 bits per heavy atom. The molecule has 0 radical (unpaired) electrons. The van der Waals surface area contributed by atoms with Crippen LogP contribution in [-0.2, 0) is 10.1 Å². The van der Waals surface area contributed by atoms with Crippen molar-refractivity contribution in [3.8, 4) is 0 Å². The summed E-state index contributed by atoms with van der Waals surface area (Å²) in [6, 6.07) is 6.09. The number of rotatable bonds is 2. The molecule has 2 rings (SSSR count). The smallest absolute Gasteiger partial charge is 0.262 e. The van der Waals surface area contributed by atoms with Crippen molar-refractivity contribution in [3.63, 3.8) is 0 Å². The molecule has 0 fully saturated rings. The first kappa shape index (κ1) is 11.7. The van der Waals surface area contributed by atoms with Crippen LogP contribution < -0.4 is 4.28 Å². The minimum atomic E-state index is -5.71. The van der Waals surface area contributed by atoms with Crippen molar-refractivity contribution >= 4 is 21.0 Å². The minimum Gasteiger partial charge on any atom is -0.262 e. The topological polar surface area (TPSA) is 61.2 Å². The Morgan fingerprint density at radius 3 is 2.53 bits per heavy atom. The molecule has 0 aliphatic carbocycles. The third-order valence-corrected chi connectivity index (χ3v) is 2.80. The van der Waals surface area contributed by atoms with Gasteiger partial charge in [-0.25, -0.2) is 0 Å². The van der Waals surface area contributed by atoms with Crippen LogP contribution in [-0.4, -0.2) is 23.9 Å². The number of benzene rings is 1. The molecule has 1 heterocycles.